The molecule has 1 aliphatic heterocycles. The topological polar surface area (TPSA) is 55.8 Å². The summed E-state index contributed by atoms with van der Waals surface area (Å²) in [6.07, 6.45) is 4.07. The summed E-state index contributed by atoms with van der Waals surface area (Å²) >= 11 is 0. The first kappa shape index (κ1) is 16.1. The van der Waals surface area contributed by atoms with E-state index < -0.39 is 0 Å². The van der Waals surface area contributed by atoms with Crippen molar-refractivity contribution < 1.29 is 19.4 Å². The van der Waals surface area contributed by atoms with E-state index in [9.17, 15) is 9.90 Å². The molecule has 4 nitrogen and oxygen atoms in total. The largest absolute Gasteiger partial charge is 0.508 e. The summed E-state index contributed by atoms with van der Waals surface area (Å²) in [6.45, 7) is 3.94. The fourth-order valence-electron chi connectivity index (χ4n) is 2.82. The predicted octanol–water partition coefficient (Wildman–Crippen LogP) is 4.01. The second-order valence-corrected chi connectivity index (χ2v) is 6.37. The molecule has 0 unspecified atom stereocenters. The van der Waals surface area contributed by atoms with Gasteiger partial charge in [0.2, 0.25) is 0 Å². The first-order chi connectivity index (χ1) is 11.4. The van der Waals surface area contributed by atoms with E-state index in [4.69, 9.17) is 9.47 Å². The number of methoxy groups -OCH3 is 1. The van der Waals surface area contributed by atoms with Crippen LogP contribution in [0.4, 0.5) is 0 Å². The van der Waals surface area contributed by atoms with Crippen LogP contribution < -0.4 is 9.47 Å². The van der Waals surface area contributed by atoms with Gasteiger partial charge in [0.1, 0.15) is 22.8 Å². The minimum absolute atomic E-state index is 0.0708. The maximum absolute atomic E-state index is 12.7. The average molecular weight is 324 g/mol. The molecule has 0 amide bonds. The highest BCUT2D eigenvalue weighted by Crippen LogP contribution is 2.39. The Balaban J connectivity index is 1.95. The van der Waals surface area contributed by atoms with Crippen LogP contribution in [0.5, 0.6) is 17.2 Å². The van der Waals surface area contributed by atoms with Gasteiger partial charge in [0.05, 0.1) is 18.2 Å². The third-order valence-electron chi connectivity index (χ3n) is 3.96. The van der Waals surface area contributed by atoms with Gasteiger partial charge in [-0.25, -0.2) is 0 Å². The molecule has 2 aromatic carbocycles. The highest BCUT2D eigenvalue weighted by Gasteiger charge is 2.26. The molecule has 0 aromatic heterocycles. The lowest BCUT2D eigenvalue weighted by Gasteiger charge is -2.29. The Hall–Kier alpha value is -2.75. The number of carbonyl (C=O) groups is 1. The molecule has 0 bridgehead atoms. The number of ketones is 1. The molecule has 0 spiro atoms. The molecule has 1 N–H and O–H groups in total. The van der Waals surface area contributed by atoms with E-state index in [0.29, 0.717) is 17.1 Å². The summed E-state index contributed by atoms with van der Waals surface area (Å²) in [6, 6.07) is 10.2. The van der Waals surface area contributed by atoms with Crippen LogP contribution in [0.3, 0.4) is 0 Å². The Morgan fingerprint density at radius 2 is 2.04 bits per heavy atom. The standard InChI is InChI=1S/C20H20O4/c1-20(2)10-9-16-18(24-20)8-7-15(19(16)23-3)17(22)12-13-5-4-6-14(21)11-13/h4-11,21H,12H2,1-3H3. The van der Waals surface area contributed by atoms with Crippen molar-refractivity contribution in [2.24, 2.45) is 0 Å². The van der Waals surface area contributed by atoms with Crippen LogP contribution in [0.15, 0.2) is 42.5 Å². The molecule has 0 fully saturated rings. The Morgan fingerprint density at radius 3 is 2.75 bits per heavy atom. The van der Waals surface area contributed by atoms with Crippen molar-refractivity contribution >= 4 is 11.9 Å². The van der Waals surface area contributed by atoms with Crippen LogP contribution in [0.2, 0.25) is 0 Å². The molecule has 24 heavy (non-hydrogen) atoms. The van der Waals surface area contributed by atoms with Crippen LogP contribution in [-0.4, -0.2) is 23.6 Å². The highest BCUT2D eigenvalue weighted by molar-refractivity contribution is 6.01. The Morgan fingerprint density at radius 1 is 1.25 bits per heavy atom. The normalized spacial score (nSPS) is 14.6. The maximum Gasteiger partial charge on any atom is 0.170 e. The van der Waals surface area contributed by atoms with Gasteiger partial charge in [-0.3, -0.25) is 4.79 Å². The number of carbonyl (C=O) groups excluding carboxylic acids is 1. The van der Waals surface area contributed by atoms with Crippen LogP contribution in [0.25, 0.3) is 6.08 Å². The summed E-state index contributed by atoms with van der Waals surface area (Å²) in [5.74, 6) is 1.30. The predicted molar refractivity (Wildman–Crippen MR) is 92.9 cm³/mol. The number of Topliss-reactive ketones (excluding diaryl/α,β-unsaturated/α-hetero) is 1. The Labute approximate surface area is 141 Å². The molecule has 0 saturated carbocycles. The molecule has 0 saturated heterocycles. The molecular weight excluding hydrogens is 304 g/mol. The average Bonchev–Trinajstić information content (AvgIpc) is 2.52. The molecule has 0 aliphatic carbocycles. The fraction of sp³-hybridized carbons (Fsp3) is 0.250. The number of benzene rings is 2. The van der Waals surface area contributed by atoms with Gasteiger partial charge in [-0.1, -0.05) is 12.1 Å². The molecule has 0 atom stereocenters. The number of fused-ring (bicyclic) bond motifs is 1. The summed E-state index contributed by atoms with van der Waals surface area (Å²) in [4.78, 5) is 12.7. The van der Waals surface area contributed by atoms with Gasteiger partial charge in [0.15, 0.2) is 5.78 Å². The quantitative estimate of drug-likeness (QED) is 0.863. The van der Waals surface area contributed by atoms with E-state index in [1.807, 2.05) is 32.1 Å². The van der Waals surface area contributed by atoms with Crippen molar-refractivity contribution in [1.82, 2.24) is 0 Å². The number of hydrogen-bond donors (Lipinski definition) is 1. The van der Waals surface area contributed by atoms with Crippen LogP contribution in [0.1, 0.15) is 35.3 Å². The van der Waals surface area contributed by atoms with E-state index >= 15 is 0 Å². The van der Waals surface area contributed by atoms with Gasteiger partial charge >= 0.3 is 0 Å². The third-order valence-corrected chi connectivity index (χ3v) is 3.96. The minimum atomic E-state index is -0.384. The van der Waals surface area contributed by atoms with Crippen LogP contribution in [-0.2, 0) is 6.42 Å². The van der Waals surface area contributed by atoms with Crippen molar-refractivity contribution in [3.63, 3.8) is 0 Å². The van der Waals surface area contributed by atoms with Gasteiger partial charge in [0, 0.05) is 6.42 Å². The lowest BCUT2D eigenvalue weighted by Crippen LogP contribution is -2.27. The minimum Gasteiger partial charge on any atom is -0.508 e. The number of ether oxygens (including phenoxy) is 2. The molecular formula is C20H20O4. The zero-order chi connectivity index (χ0) is 17.3. The molecule has 3 rings (SSSR count). The van der Waals surface area contributed by atoms with Crippen molar-refractivity contribution in [3.8, 4) is 17.2 Å². The SMILES string of the molecule is COc1c(C(=O)Cc2cccc(O)c2)ccc2c1C=CC(C)(C)O2. The van der Waals surface area contributed by atoms with E-state index in [1.54, 1.807) is 37.4 Å². The lowest BCUT2D eigenvalue weighted by atomic mass is 9.96. The molecule has 4 heteroatoms. The van der Waals surface area contributed by atoms with Gasteiger partial charge in [-0.05, 0) is 55.8 Å². The van der Waals surface area contributed by atoms with E-state index in [2.05, 4.69) is 0 Å². The van der Waals surface area contributed by atoms with Gasteiger partial charge in [-0.15, -0.1) is 0 Å². The number of hydrogen-bond acceptors (Lipinski definition) is 4. The third kappa shape index (κ3) is 3.13. The first-order valence-corrected chi connectivity index (χ1v) is 7.80. The van der Waals surface area contributed by atoms with E-state index in [0.717, 1.165) is 11.1 Å². The fourth-order valence-corrected chi connectivity index (χ4v) is 2.82. The zero-order valence-electron chi connectivity index (χ0n) is 14.0. The summed E-state index contributed by atoms with van der Waals surface area (Å²) in [5.41, 5.74) is 1.66. The second kappa shape index (κ2) is 6.04. The van der Waals surface area contributed by atoms with Crippen molar-refractivity contribution in [3.05, 3.63) is 59.2 Å². The van der Waals surface area contributed by atoms with E-state index in [-0.39, 0.29) is 23.6 Å². The molecule has 124 valence electrons. The smallest absolute Gasteiger partial charge is 0.170 e. The Bertz CT molecular complexity index is 818. The number of phenolic OH excluding ortho intramolecular Hbond substituents is 1. The highest BCUT2D eigenvalue weighted by atomic mass is 16.5. The number of aromatic hydroxyl groups is 1. The van der Waals surface area contributed by atoms with Gasteiger partial charge < -0.3 is 14.6 Å². The first-order valence-electron chi connectivity index (χ1n) is 7.80. The zero-order valence-corrected chi connectivity index (χ0v) is 14.0. The van der Waals surface area contributed by atoms with Crippen LogP contribution in [0, 0.1) is 0 Å². The molecule has 1 heterocycles. The maximum atomic E-state index is 12.7. The molecule has 2 aromatic rings. The van der Waals surface area contributed by atoms with Gasteiger partial charge in [0.25, 0.3) is 0 Å². The van der Waals surface area contributed by atoms with Crippen molar-refractivity contribution in [2.75, 3.05) is 7.11 Å². The second-order valence-electron chi connectivity index (χ2n) is 6.37. The van der Waals surface area contributed by atoms with Crippen molar-refractivity contribution in [2.45, 2.75) is 25.9 Å². The number of phenols is 1. The molecule has 0 radical (unpaired) electrons. The monoisotopic (exact) mass is 324 g/mol. The number of rotatable bonds is 4. The van der Waals surface area contributed by atoms with Crippen molar-refractivity contribution in [1.29, 1.82) is 0 Å². The van der Waals surface area contributed by atoms with Gasteiger partial charge in [-0.2, -0.15) is 0 Å². The summed E-state index contributed by atoms with van der Waals surface area (Å²) in [7, 11) is 1.55. The lowest BCUT2D eigenvalue weighted by molar-refractivity contribution is 0.0989. The Kier molecular flexibility index (Phi) is 4.06. The summed E-state index contributed by atoms with van der Waals surface area (Å²) in [5, 5.41) is 9.54. The summed E-state index contributed by atoms with van der Waals surface area (Å²) < 4.78 is 11.4. The van der Waals surface area contributed by atoms with Crippen LogP contribution >= 0.6 is 0 Å². The molecule has 1 aliphatic rings. The van der Waals surface area contributed by atoms with E-state index in [1.165, 1.54) is 0 Å².